The molecule has 6 heteroatoms. The molecule has 0 radical (unpaired) electrons. The molecule has 0 aliphatic carbocycles. The van der Waals surface area contributed by atoms with Gasteiger partial charge in [0, 0.05) is 18.5 Å². The summed E-state index contributed by atoms with van der Waals surface area (Å²) in [7, 11) is 0. The van der Waals surface area contributed by atoms with Crippen molar-refractivity contribution in [3.8, 4) is 0 Å². The highest BCUT2D eigenvalue weighted by Gasteiger charge is 2.18. The fourth-order valence-electron chi connectivity index (χ4n) is 1.22. The van der Waals surface area contributed by atoms with Gasteiger partial charge in [-0.05, 0) is 27.2 Å². The molecule has 5 nitrogen and oxygen atoms in total. The number of amides is 2. The van der Waals surface area contributed by atoms with Crippen LogP contribution in [0.25, 0.3) is 0 Å². The van der Waals surface area contributed by atoms with E-state index in [9.17, 15) is 9.59 Å². The second-order valence-electron chi connectivity index (χ2n) is 4.10. The Bertz CT molecular complexity index is 232. The van der Waals surface area contributed by atoms with E-state index in [-0.39, 0.29) is 36.9 Å². The molecule has 0 aromatic heterocycles. The smallest absolute Gasteiger partial charge is 0.237 e. The molecule has 0 saturated heterocycles. The lowest BCUT2D eigenvalue weighted by molar-refractivity contribution is -0.137. The average molecular weight is 252 g/mol. The van der Waals surface area contributed by atoms with Crippen LogP contribution >= 0.6 is 12.4 Å². The highest BCUT2D eigenvalue weighted by atomic mass is 35.5. The summed E-state index contributed by atoms with van der Waals surface area (Å²) in [5.41, 5.74) is 10.6. The van der Waals surface area contributed by atoms with E-state index in [4.69, 9.17) is 11.5 Å². The highest BCUT2D eigenvalue weighted by molar-refractivity contribution is 5.85. The molecule has 16 heavy (non-hydrogen) atoms. The van der Waals surface area contributed by atoms with E-state index in [0.29, 0.717) is 12.8 Å². The molecule has 2 amide bonds. The van der Waals surface area contributed by atoms with Gasteiger partial charge in [-0.3, -0.25) is 9.59 Å². The van der Waals surface area contributed by atoms with Gasteiger partial charge >= 0.3 is 0 Å². The number of nitrogens with zero attached hydrogens (tertiary/aromatic N) is 1. The number of carbonyl (C=O) groups is 2. The van der Waals surface area contributed by atoms with Gasteiger partial charge in [-0.25, -0.2) is 0 Å². The molecule has 0 aromatic rings. The first-order chi connectivity index (χ1) is 6.84. The van der Waals surface area contributed by atoms with Crippen molar-refractivity contribution in [1.82, 2.24) is 4.90 Å². The fourth-order valence-corrected chi connectivity index (χ4v) is 1.22. The summed E-state index contributed by atoms with van der Waals surface area (Å²) >= 11 is 0. The number of carbonyl (C=O) groups excluding carboxylic acids is 2. The Hall–Kier alpha value is -0.810. The van der Waals surface area contributed by atoms with Gasteiger partial charge < -0.3 is 16.4 Å². The number of hydrogen-bond donors (Lipinski definition) is 2. The van der Waals surface area contributed by atoms with Crippen molar-refractivity contribution in [2.24, 2.45) is 11.5 Å². The first-order valence-corrected chi connectivity index (χ1v) is 5.18. The zero-order valence-corrected chi connectivity index (χ0v) is 10.9. The predicted octanol–water partition coefficient (Wildman–Crippen LogP) is 0.258. The number of primary amides is 1. The van der Waals surface area contributed by atoms with Crippen LogP contribution in [0.5, 0.6) is 0 Å². The molecule has 0 heterocycles. The zero-order valence-electron chi connectivity index (χ0n) is 10.1. The maximum Gasteiger partial charge on any atom is 0.237 e. The number of nitrogens with two attached hydrogens (primary N) is 2. The van der Waals surface area contributed by atoms with Crippen molar-refractivity contribution in [2.75, 3.05) is 6.54 Å². The van der Waals surface area contributed by atoms with Gasteiger partial charge in [0.2, 0.25) is 11.8 Å². The van der Waals surface area contributed by atoms with Gasteiger partial charge in [0.1, 0.15) is 0 Å². The fraction of sp³-hybridized carbons (Fsp3) is 0.800. The quantitative estimate of drug-likeness (QED) is 0.710. The summed E-state index contributed by atoms with van der Waals surface area (Å²) in [5.74, 6) is -0.557. The van der Waals surface area contributed by atoms with E-state index in [2.05, 4.69) is 0 Å². The molecule has 0 spiro atoms. The van der Waals surface area contributed by atoms with Crippen LogP contribution < -0.4 is 11.5 Å². The third-order valence-corrected chi connectivity index (χ3v) is 2.08. The van der Waals surface area contributed by atoms with Crippen molar-refractivity contribution >= 4 is 24.2 Å². The molecular formula is C10H22ClN3O2. The standard InChI is InChI=1S/C10H21N3O2.ClH/c1-7(2)13(6-9(12)14)10(15)5-4-8(3)11;/h7-8H,4-6,11H2,1-3H3,(H2,12,14);1H. The first kappa shape index (κ1) is 17.6. The topological polar surface area (TPSA) is 89.4 Å². The second kappa shape index (κ2) is 8.35. The lowest BCUT2D eigenvalue weighted by Gasteiger charge is -2.25. The summed E-state index contributed by atoms with van der Waals surface area (Å²) < 4.78 is 0. The average Bonchev–Trinajstić information content (AvgIpc) is 2.09. The predicted molar refractivity (Wildman–Crippen MR) is 66.2 cm³/mol. The lowest BCUT2D eigenvalue weighted by atomic mass is 10.1. The maximum absolute atomic E-state index is 11.7. The Morgan fingerprint density at radius 1 is 1.25 bits per heavy atom. The lowest BCUT2D eigenvalue weighted by Crippen LogP contribution is -2.43. The molecule has 96 valence electrons. The minimum absolute atomic E-state index is 0. The molecule has 4 N–H and O–H groups in total. The van der Waals surface area contributed by atoms with Crippen molar-refractivity contribution in [3.05, 3.63) is 0 Å². The van der Waals surface area contributed by atoms with Crippen LogP contribution in [0.3, 0.4) is 0 Å². The number of rotatable bonds is 6. The van der Waals surface area contributed by atoms with E-state index in [0.717, 1.165) is 0 Å². The van der Waals surface area contributed by atoms with Gasteiger partial charge in [-0.2, -0.15) is 0 Å². The summed E-state index contributed by atoms with van der Waals surface area (Å²) in [6, 6.07) is -0.0189. The molecule has 0 fully saturated rings. The van der Waals surface area contributed by atoms with Crippen LogP contribution in [-0.4, -0.2) is 35.3 Å². The molecule has 0 aliphatic rings. The number of halogens is 1. The Kier molecular flexibility index (Phi) is 9.18. The van der Waals surface area contributed by atoms with Crippen LogP contribution in [0.1, 0.15) is 33.6 Å². The van der Waals surface area contributed by atoms with Gasteiger partial charge in [0.15, 0.2) is 0 Å². The highest BCUT2D eigenvalue weighted by Crippen LogP contribution is 2.04. The summed E-state index contributed by atoms with van der Waals surface area (Å²) in [6.45, 7) is 5.54. The van der Waals surface area contributed by atoms with E-state index >= 15 is 0 Å². The Morgan fingerprint density at radius 2 is 1.75 bits per heavy atom. The van der Waals surface area contributed by atoms with Gasteiger partial charge in [-0.1, -0.05) is 0 Å². The number of hydrogen-bond acceptors (Lipinski definition) is 3. The van der Waals surface area contributed by atoms with Crippen LogP contribution in [0.4, 0.5) is 0 Å². The Morgan fingerprint density at radius 3 is 2.06 bits per heavy atom. The SMILES string of the molecule is CC(N)CCC(=O)N(CC(N)=O)C(C)C.Cl. The molecule has 1 atom stereocenters. The summed E-state index contributed by atoms with van der Waals surface area (Å²) in [4.78, 5) is 23.9. The Labute approximate surface area is 103 Å². The van der Waals surface area contributed by atoms with Crippen molar-refractivity contribution < 1.29 is 9.59 Å². The van der Waals surface area contributed by atoms with E-state index in [1.807, 2.05) is 20.8 Å². The van der Waals surface area contributed by atoms with Crippen LogP contribution in [0.2, 0.25) is 0 Å². The maximum atomic E-state index is 11.7. The minimum atomic E-state index is -0.488. The second-order valence-corrected chi connectivity index (χ2v) is 4.10. The van der Waals surface area contributed by atoms with E-state index < -0.39 is 5.91 Å². The minimum Gasteiger partial charge on any atom is -0.368 e. The van der Waals surface area contributed by atoms with E-state index in [1.54, 1.807) is 0 Å². The molecule has 1 unspecified atom stereocenters. The van der Waals surface area contributed by atoms with Crippen molar-refractivity contribution in [1.29, 1.82) is 0 Å². The third-order valence-electron chi connectivity index (χ3n) is 2.08. The largest absolute Gasteiger partial charge is 0.368 e. The zero-order chi connectivity index (χ0) is 12.0. The van der Waals surface area contributed by atoms with E-state index in [1.165, 1.54) is 4.90 Å². The normalized spacial score (nSPS) is 11.8. The van der Waals surface area contributed by atoms with Crippen LogP contribution in [0, 0.1) is 0 Å². The van der Waals surface area contributed by atoms with Gasteiger partial charge in [0.05, 0.1) is 6.54 Å². The molecule has 0 aliphatic heterocycles. The monoisotopic (exact) mass is 251 g/mol. The summed E-state index contributed by atoms with van der Waals surface area (Å²) in [5, 5.41) is 0. The molecule has 0 saturated carbocycles. The van der Waals surface area contributed by atoms with Crippen LogP contribution in [-0.2, 0) is 9.59 Å². The Balaban J connectivity index is 0. The third kappa shape index (κ3) is 7.48. The molecule has 0 aromatic carbocycles. The summed E-state index contributed by atoms with van der Waals surface area (Å²) in [6.07, 6.45) is 0.990. The molecule has 0 bridgehead atoms. The first-order valence-electron chi connectivity index (χ1n) is 5.18. The van der Waals surface area contributed by atoms with Crippen molar-refractivity contribution in [2.45, 2.75) is 45.7 Å². The van der Waals surface area contributed by atoms with Crippen LogP contribution in [0.15, 0.2) is 0 Å². The van der Waals surface area contributed by atoms with Gasteiger partial charge in [0.25, 0.3) is 0 Å². The molecule has 0 rings (SSSR count). The molecular weight excluding hydrogens is 230 g/mol. The van der Waals surface area contributed by atoms with Gasteiger partial charge in [-0.15, -0.1) is 12.4 Å². The van der Waals surface area contributed by atoms with Crippen molar-refractivity contribution in [3.63, 3.8) is 0 Å².